The summed E-state index contributed by atoms with van der Waals surface area (Å²) in [7, 11) is 1.51. The molecular formula is C8H10N2O2. The molecule has 0 aliphatic carbocycles. The number of rotatable bonds is 2. The number of Topliss-reactive ketones (excluding diaryl/α,β-unsaturated/α-hetero) is 1. The Balaban J connectivity index is 3.12. The van der Waals surface area contributed by atoms with Gasteiger partial charge in [0.1, 0.15) is 5.69 Å². The Kier molecular flexibility index (Phi) is 2.38. The number of carbonyl (C=O) groups is 1. The Hall–Kier alpha value is -1.45. The van der Waals surface area contributed by atoms with E-state index in [2.05, 4.69) is 9.97 Å². The van der Waals surface area contributed by atoms with Crippen molar-refractivity contribution in [3.05, 3.63) is 17.6 Å². The molecule has 0 bridgehead atoms. The van der Waals surface area contributed by atoms with E-state index < -0.39 is 0 Å². The second kappa shape index (κ2) is 3.30. The first-order valence-electron chi connectivity index (χ1n) is 3.53. The van der Waals surface area contributed by atoms with Gasteiger partial charge in [-0.2, -0.15) is 0 Å². The monoisotopic (exact) mass is 166 g/mol. The molecule has 4 nitrogen and oxygen atoms in total. The van der Waals surface area contributed by atoms with Gasteiger partial charge in [-0.3, -0.25) is 4.79 Å². The number of carbonyl (C=O) groups excluding carboxylic acids is 1. The third-order valence-electron chi connectivity index (χ3n) is 1.47. The van der Waals surface area contributed by atoms with Gasteiger partial charge in [-0.25, -0.2) is 9.97 Å². The standard InChI is InChI=1S/C8H10N2O2/c1-5-8(6(2)11)9-4-7(10-5)12-3/h4H,1-3H3. The number of methoxy groups -OCH3 is 1. The predicted molar refractivity (Wildman–Crippen MR) is 43.3 cm³/mol. The smallest absolute Gasteiger partial charge is 0.232 e. The van der Waals surface area contributed by atoms with Gasteiger partial charge in [-0.05, 0) is 6.92 Å². The van der Waals surface area contributed by atoms with Gasteiger partial charge in [0.05, 0.1) is 19.0 Å². The molecule has 0 unspecified atom stereocenters. The molecule has 1 heterocycles. The highest BCUT2D eigenvalue weighted by Gasteiger charge is 2.07. The molecule has 1 aromatic heterocycles. The van der Waals surface area contributed by atoms with Crippen LogP contribution in [0, 0.1) is 6.92 Å². The van der Waals surface area contributed by atoms with E-state index in [0.717, 1.165) is 0 Å². The summed E-state index contributed by atoms with van der Waals surface area (Å²) in [4.78, 5) is 18.8. The highest BCUT2D eigenvalue weighted by molar-refractivity contribution is 5.93. The first kappa shape index (κ1) is 8.64. The van der Waals surface area contributed by atoms with Crippen LogP contribution in [0.25, 0.3) is 0 Å². The molecule has 0 aliphatic heterocycles. The molecule has 0 atom stereocenters. The summed E-state index contributed by atoms with van der Waals surface area (Å²) in [6, 6.07) is 0. The fourth-order valence-electron chi connectivity index (χ4n) is 0.904. The first-order valence-corrected chi connectivity index (χ1v) is 3.53. The van der Waals surface area contributed by atoms with Crippen molar-refractivity contribution in [3.63, 3.8) is 0 Å². The lowest BCUT2D eigenvalue weighted by Gasteiger charge is -2.01. The summed E-state index contributed by atoms with van der Waals surface area (Å²) in [6.07, 6.45) is 1.43. The number of hydrogen-bond acceptors (Lipinski definition) is 4. The van der Waals surface area contributed by atoms with Crippen molar-refractivity contribution in [2.75, 3.05) is 7.11 Å². The van der Waals surface area contributed by atoms with E-state index >= 15 is 0 Å². The van der Waals surface area contributed by atoms with Crippen molar-refractivity contribution in [1.82, 2.24) is 9.97 Å². The number of nitrogens with zero attached hydrogens (tertiary/aromatic N) is 2. The lowest BCUT2D eigenvalue weighted by Crippen LogP contribution is -2.03. The van der Waals surface area contributed by atoms with Gasteiger partial charge in [0.25, 0.3) is 0 Å². The van der Waals surface area contributed by atoms with Crippen molar-refractivity contribution in [1.29, 1.82) is 0 Å². The first-order chi connectivity index (χ1) is 5.65. The molecule has 1 aromatic rings. The van der Waals surface area contributed by atoms with Gasteiger partial charge in [-0.1, -0.05) is 0 Å². The van der Waals surface area contributed by atoms with Gasteiger partial charge >= 0.3 is 0 Å². The summed E-state index contributed by atoms with van der Waals surface area (Å²) in [5, 5.41) is 0. The van der Waals surface area contributed by atoms with Crippen molar-refractivity contribution < 1.29 is 9.53 Å². The molecule has 0 fully saturated rings. The summed E-state index contributed by atoms with van der Waals surface area (Å²) in [5.74, 6) is 0.347. The van der Waals surface area contributed by atoms with E-state index in [9.17, 15) is 4.79 Å². The highest BCUT2D eigenvalue weighted by Crippen LogP contribution is 2.08. The van der Waals surface area contributed by atoms with Crippen LogP contribution >= 0.6 is 0 Å². The molecule has 0 saturated heterocycles. The second-order valence-electron chi connectivity index (χ2n) is 2.40. The van der Waals surface area contributed by atoms with Gasteiger partial charge in [0, 0.05) is 6.92 Å². The fraction of sp³-hybridized carbons (Fsp3) is 0.375. The molecule has 64 valence electrons. The van der Waals surface area contributed by atoms with Gasteiger partial charge in [-0.15, -0.1) is 0 Å². The molecule has 0 radical (unpaired) electrons. The Bertz CT molecular complexity index is 310. The molecule has 1 rings (SSSR count). The summed E-state index contributed by atoms with van der Waals surface area (Å²) in [5.41, 5.74) is 0.998. The Morgan fingerprint density at radius 3 is 2.67 bits per heavy atom. The normalized spacial score (nSPS) is 9.58. The minimum Gasteiger partial charge on any atom is -0.480 e. The van der Waals surface area contributed by atoms with E-state index in [0.29, 0.717) is 17.3 Å². The van der Waals surface area contributed by atoms with E-state index in [1.165, 1.54) is 20.2 Å². The summed E-state index contributed by atoms with van der Waals surface area (Å²) < 4.78 is 4.84. The van der Waals surface area contributed by atoms with Gasteiger partial charge in [0.2, 0.25) is 5.88 Å². The van der Waals surface area contributed by atoms with E-state index in [-0.39, 0.29) is 5.78 Å². The van der Waals surface area contributed by atoms with Crippen molar-refractivity contribution >= 4 is 5.78 Å². The molecule has 12 heavy (non-hydrogen) atoms. The fourth-order valence-corrected chi connectivity index (χ4v) is 0.904. The van der Waals surface area contributed by atoms with Crippen LogP contribution in [0.3, 0.4) is 0 Å². The molecule has 0 N–H and O–H groups in total. The zero-order valence-corrected chi connectivity index (χ0v) is 7.29. The van der Waals surface area contributed by atoms with Gasteiger partial charge < -0.3 is 4.74 Å². The summed E-state index contributed by atoms with van der Waals surface area (Å²) in [6.45, 7) is 3.19. The second-order valence-corrected chi connectivity index (χ2v) is 2.40. The van der Waals surface area contributed by atoms with E-state index in [1.807, 2.05) is 0 Å². The maximum atomic E-state index is 10.9. The summed E-state index contributed by atoms with van der Waals surface area (Å²) >= 11 is 0. The third kappa shape index (κ3) is 1.58. The number of aromatic nitrogens is 2. The van der Waals surface area contributed by atoms with Crippen LogP contribution in [0.1, 0.15) is 23.1 Å². The predicted octanol–water partition coefficient (Wildman–Crippen LogP) is 0.996. The van der Waals surface area contributed by atoms with Crippen molar-refractivity contribution in [3.8, 4) is 5.88 Å². The molecule has 0 aliphatic rings. The SMILES string of the molecule is COc1cnc(C(C)=O)c(C)n1. The van der Waals surface area contributed by atoms with Crippen LogP contribution in [0.5, 0.6) is 5.88 Å². The number of hydrogen-bond donors (Lipinski definition) is 0. The maximum Gasteiger partial charge on any atom is 0.232 e. The van der Waals surface area contributed by atoms with E-state index in [1.54, 1.807) is 6.92 Å². The van der Waals surface area contributed by atoms with Crippen LogP contribution in [0.4, 0.5) is 0 Å². The van der Waals surface area contributed by atoms with Crippen LogP contribution < -0.4 is 4.74 Å². The quantitative estimate of drug-likeness (QED) is 0.615. The van der Waals surface area contributed by atoms with Crippen molar-refractivity contribution in [2.45, 2.75) is 13.8 Å². The molecule has 0 amide bonds. The minimum atomic E-state index is -0.0809. The Morgan fingerprint density at radius 1 is 1.58 bits per heavy atom. The molecule has 0 spiro atoms. The van der Waals surface area contributed by atoms with Crippen LogP contribution in [0.15, 0.2) is 6.20 Å². The third-order valence-corrected chi connectivity index (χ3v) is 1.47. The molecule has 0 aromatic carbocycles. The lowest BCUT2D eigenvalue weighted by atomic mass is 10.2. The largest absolute Gasteiger partial charge is 0.480 e. The highest BCUT2D eigenvalue weighted by atomic mass is 16.5. The van der Waals surface area contributed by atoms with Gasteiger partial charge in [0.15, 0.2) is 5.78 Å². The zero-order chi connectivity index (χ0) is 9.14. The van der Waals surface area contributed by atoms with Crippen LogP contribution in [-0.2, 0) is 0 Å². The van der Waals surface area contributed by atoms with E-state index in [4.69, 9.17) is 4.74 Å². The molecule has 0 saturated carbocycles. The topological polar surface area (TPSA) is 52.1 Å². The van der Waals surface area contributed by atoms with Crippen LogP contribution in [0.2, 0.25) is 0 Å². The van der Waals surface area contributed by atoms with Crippen LogP contribution in [-0.4, -0.2) is 22.9 Å². The minimum absolute atomic E-state index is 0.0809. The number of ketones is 1. The maximum absolute atomic E-state index is 10.9. The number of aryl methyl sites for hydroxylation is 1. The average molecular weight is 166 g/mol. The average Bonchev–Trinajstić information content (AvgIpc) is 2.03. The zero-order valence-electron chi connectivity index (χ0n) is 7.29. The Labute approximate surface area is 70.6 Å². The number of ether oxygens (including phenoxy) is 1. The lowest BCUT2D eigenvalue weighted by molar-refractivity contribution is 0.101. The Morgan fingerprint density at radius 2 is 2.25 bits per heavy atom. The van der Waals surface area contributed by atoms with Crippen molar-refractivity contribution in [2.24, 2.45) is 0 Å². The molecule has 4 heteroatoms. The molecular weight excluding hydrogens is 156 g/mol.